The van der Waals surface area contributed by atoms with E-state index in [0.29, 0.717) is 12.2 Å². The van der Waals surface area contributed by atoms with E-state index < -0.39 is 0 Å². The fourth-order valence-corrected chi connectivity index (χ4v) is 1.50. The maximum absolute atomic E-state index is 11.6. The molecule has 0 saturated carbocycles. The van der Waals surface area contributed by atoms with Gasteiger partial charge in [0.25, 0.3) is 5.91 Å². The summed E-state index contributed by atoms with van der Waals surface area (Å²) in [6.45, 7) is 7.12. The van der Waals surface area contributed by atoms with Crippen molar-refractivity contribution in [1.82, 2.24) is 10.3 Å². The molecule has 0 aromatic carbocycles. The number of nitrogens with zero attached hydrogens (tertiary/aromatic N) is 1. The van der Waals surface area contributed by atoms with E-state index in [1.54, 1.807) is 18.3 Å². The number of hydrogen-bond acceptors (Lipinski definition) is 3. The third kappa shape index (κ3) is 4.99. The predicted octanol–water partition coefficient (Wildman–Crippen LogP) is 2.60. The minimum atomic E-state index is -0.174. The molecule has 0 bridgehead atoms. The molecular weight excluding hydrogens is 226 g/mol. The van der Waals surface area contributed by atoms with E-state index in [1.165, 1.54) is 12.8 Å². The highest BCUT2D eigenvalue weighted by Gasteiger charge is 2.04. The number of carbonyl (C=O) groups is 1. The highest BCUT2D eigenvalue weighted by molar-refractivity contribution is 5.92. The molecule has 1 aromatic heterocycles. The number of anilines is 1. The van der Waals surface area contributed by atoms with Gasteiger partial charge in [0.15, 0.2) is 0 Å². The van der Waals surface area contributed by atoms with Crippen LogP contribution < -0.4 is 10.6 Å². The third-order valence-electron chi connectivity index (χ3n) is 2.51. The molecule has 0 aliphatic carbocycles. The van der Waals surface area contributed by atoms with Crippen LogP contribution in [0.3, 0.4) is 0 Å². The molecule has 18 heavy (non-hydrogen) atoms. The average Bonchev–Trinajstić information content (AvgIpc) is 2.41. The molecule has 1 heterocycles. The second-order valence-electron chi connectivity index (χ2n) is 4.06. The van der Waals surface area contributed by atoms with Crippen LogP contribution in [0.25, 0.3) is 0 Å². The van der Waals surface area contributed by atoms with Gasteiger partial charge >= 0.3 is 0 Å². The number of nitrogens with one attached hydrogen (secondary N) is 2. The Kier molecular flexibility index (Phi) is 6.54. The van der Waals surface area contributed by atoms with Crippen molar-refractivity contribution in [2.45, 2.75) is 26.2 Å². The van der Waals surface area contributed by atoms with Gasteiger partial charge in [0.2, 0.25) is 0 Å². The van der Waals surface area contributed by atoms with Crippen molar-refractivity contribution in [1.29, 1.82) is 0 Å². The number of carbonyl (C=O) groups excluding carboxylic acids is 1. The summed E-state index contributed by atoms with van der Waals surface area (Å²) in [5.74, 6) is -0.174. The SMILES string of the molecule is C=CCNC(=O)c1ccc(NCCCCC)cn1. The van der Waals surface area contributed by atoms with Crippen molar-refractivity contribution >= 4 is 11.6 Å². The molecular formula is C14H21N3O. The van der Waals surface area contributed by atoms with Gasteiger partial charge in [-0.1, -0.05) is 25.8 Å². The predicted molar refractivity (Wildman–Crippen MR) is 74.8 cm³/mol. The smallest absolute Gasteiger partial charge is 0.270 e. The monoisotopic (exact) mass is 247 g/mol. The first kappa shape index (κ1) is 14.2. The van der Waals surface area contributed by atoms with Crippen LogP contribution in [0.2, 0.25) is 0 Å². The van der Waals surface area contributed by atoms with Crippen molar-refractivity contribution in [2.75, 3.05) is 18.4 Å². The Balaban J connectivity index is 2.41. The molecule has 1 amide bonds. The van der Waals surface area contributed by atoms with Gasteiger partial charge in [0.05, 0.1) is 11.9 Å². The van der Waals surface area contributed by atoms with Crippen LogP contribution in [0.5, 0.6) is 0 Å². The highest BCUT2D eigenvalue weighted by atomic mass is 16.1. The Morgan fingerprint density at radius 3 is 2.89 bits per heavy atom. The van der Waals surface area contributed by atoms with E-state index in [1.807, 2.05) is 6.07 Å². The minimum absolute atomic E-state index is 0.174. The van der Waals surface area contributed by atoms with Crippen LogP contribution in [0.4, 0.5) is 5.69 Å². The number of rotatable bonds is 8. The van der Waals surface area contributed by atoms with Gasteiger partial charge in [-0.05, 0) is 18.6 Å². The summed E-state index contributed by atoms with van der Waals surface area (Å²) in [4.78, 5) is 15.7. The summed E-state index contributed by atoms with van der Waals surface area (Å²) >= 11 is 0. The van der Waals surface area contributed by atoms with Gasteiger partial charge in [-0.2, -0.15) is 0 Å². The van der Waals surface area contributed by atoms with Crippen molar-refractivity contribution < 1.29 is 4.79 Å². The first-order valence-electron chi connectivity index (χ1n) is 6.37. The lowest BCUT2D eigenvalue weighted by Crippen LogP contribution is -2.24. The van der Waals surface area contributed by atoms with Gasteiger partial charge in [-0.15, -0.1) is 6.58 Å². The lowest BCUT2D eigenvalue weighted by Gasteiger charge is -2.06. The fraction of sp³-hybridized carbons (Fsp3) is 0.429. The van der Waals surface area contributed by atoms with Gasteiger partial charge in [-0.25, -0.2) is 4.98 Å². The summed E-state index contributed by atoms with van der Waals surface area (Å²) in [6, 6.07) is 3.60. The Morgan fingerprint density at radius 2 is 2.28 bits per heavy atom. The molecule has 0 saturated heterocycles. The van der Waals surface area contributed by atoms with E-state index in [-0.39, 0.29) is 5.91 Å². The first-order valence-corrected chi connectivity index (χ1v) is 6.37. The molecule has 0 fully saturated rings. The quantitative estimate of drug-likeness (QED) is 0.548. The van der Waals surface area contributed by atoms with E-state index in [2.05, 4.69) is 29.1 Å². The fourth-order valence-electron chi connectivity index (χ4n) is 1.50. The molecule has 1 rings (SSSR count). The lowest BCUT2D eigenvalue weighted by atomic mass is 10.2. The summed E-state index contributed by atoms with van der Waals surface area (Å²) in [7, 11) is 0. The van der Waals surface area contributed by atoms with Gasteiger partial charge < -0.3 is 10.6 Å². The van der Waals surface area contributed by atoms with Gasteiger partial charge in [-0.3, -0.25) is 4.79 Å². The van der Waals surface area contributed by atoms with Crippen LogP contribution in [-0.4, -0.2) is 24.0 Å². The Labute approximate surface area is 109 Å². The molecule has 0 spiro atoms. The van der Waals surface area contributed by atoms with E-state index in [4.69, 9.17) is 0 Å². The van der Waals surface area contributed by atoms with E-state index >= 15 is 0 Å². The number of aromatic nitrogens is 1. The Bertz CT molecular complexity index is 373. The molecule has 0 aliphatic heterocycles. The molecule has 2 N–H and O–H groups in total. The molecule has 4 heteroatoms. The maximum atomic E-state index is 11.6. The van der Waals surface area contributed by atoms with Gasteiger partial charge in [0.1, 0.15) is 5.69 Å². The molecule has 0 aliphatic rings. The van der Waals surface area contributed by atoms with E-state index in [0.717, 1.165) is 18.7 Å². The topological polar surface area (TPSA) is 54.0 Å². The van der Waals surface area contributed by atoms with Crippen molar-refractivity contribution in [3.63, 3.8) is 0 Å². The number of hydrogen-bond donors (Lipinski definition) is 2. The van der Waals surface area contributed by atoms with Crippen LogP contribution in [0.15, 0.2) is 31.0 Å². The van der Waals surface area contributed by atoms with Crippen LogP contribution in [-0.2, 0) is 0 Å². The molecule has 98 valence electrons. The first-order chi connectivity index (χ1) is 8.77. The van der Waals surface area contributed by atoms with Crippen molar-refractivity contribution in [3.8, 4) is 0 Å². The Hall–Kier alpha value is -1.84. The molecule has 0 atom stereocenters. The third-order valence-corrected chi connectivity index (χ3v) is 2.51. The standard InChI is InChI=1S/C14H21N3O/c1-3-5-6-10-15-12-7-8-13(17-11-12)14(18)16-9-4-2/h4,7-8,11,15H,2-3,5-6,9-10H2,1H3,(H,16,18). The van der Waals surface area contributed by atoms with Crippen LogP contribution >= 0.6 is 0 Å². The lowest BCUT2D eigenvalue weighted by molar-refractivity contribution is 0.0953. The number of unbranched alkanes of at least 4 members (excludes halogenated alkanes) is 2. The summed E-state index contributed by atoms with van der Waals surface area (Å²) in [6.07, 6.45) is 6.92. The summed E-state index contributed by atoms with van der Waals surface area (Å²) in [5.41, 5.74) is 1.38. The van der Waals surface area contributed by atoms with Gasteiger partial charge in [0, 0.05) is 13.1 Å². The molecule has 4 nitrogen and oxygen atoms in total. The van der Waals surface area contributed by atoms with Crippen molar-refractivity contribution in [2.24, 2.45) is 0 Å². The second-order valence-corrected chi connectivity index (χ2v) is 4.06. The average molecular weight is 247 g/mol. The largest absolute Gasteiger partial charge is 0.384 e. The zero-order chi connectivity index (χ0) is 13.2. The minimum Gasteiger partial charge on any atom is -0.384 e. The number of pyridine rings is 1. The highest BCUT2D eigenvalue weighted by Crippen LogP contribution is 2.06. The van der Waals surface area contributed by atoms with Crippen LogP contribution in [0.1, 0.15) is 36.7 Å². The Morgan fingerprint density at radius 1 is 1.44 bits per heavy atom. The number of amides is 1. The molecule has 0 unspecified atom stereocenters. The zero-order valence-corrected chi connectivity index (χ0v) is 10.9. The summed E-state index contributed by atoms with van der Waals surface area (Å²) in [5, 5.41) is 5.97. The summed E-state index contributed by atoms with van der Waals surface area (Å²) < 4.78 is 0. The zero-order valence-electron chi connectivity index (χ0n) is 10.9. The molecule has 0 radical (unpaired) electrons. The maximum Gasteiger partial charge on any atom is 0.270 e. The van der Waals surface area contributed by atoms with E-state index in [9.17, 15) is 4.79 Å². The normalized spacial score (nSPS) is 9.83. The van der Waals surface area contributed by atoms with Crippen molar-refractivity contribution in [3.05, 3.63) is 36.7 Å². The van der Waals surface area contributed by atoms with Crippen LogP contribution in [0, 0.1) is 0 Å². The second kappa shape index (κ2) is 8.28. The molecule has 1 aromatic rings.